The minimum Gasteiger partial charge on any atom is -0.497 e. The van der Waals surface area contributed by atoms with Gasteiger partial charge in [-0.15, -0.1) is 0 Å². The van der Waals surface area contributed by atoms with E-state index in [2.05, 4.69) is 10.3 Å². The van der Waals surface area contributed by atoms with E-state index < -0.39 is 11.7 Å². The van der Waals surface area contributed by atoms with Gasteiger partial charge in [0.2, 0.25) is 5.89 Å². The molecule has 5 aromatic rings. The Hall–Kier alpha value is -5.24. The van der Waals surface area contributed by atoms with Crippen molar-refractivity contribution in [1.29, 1.82) is 0 Å². The summed E-state index contributed by atoms with van der Waals surface area (Å²) in [5, 5.41) is 2.71. The Kier molecular flexibility index (Phi) is 9.27. The molecule has 0 unspecified atom stereocenters. The second-order valence-corrected chi connectivity index (χ2v) is 9.00. The number of benzene rings is 4. The third-order valence-corrected chi connectivity index (χ3v) is 6.08. The maximum atomic E-state index is 13.3. The highest BCUT2D eigenvalue weighted by molar-refractivity contribution is 6.04. The molecule has 0 spiro atoms. The first-order valence-electron chi connectivity index (χ1n) is 12.7. The number of ether oxygens (including phenoxy) is 2. The molecule has 5 rings (SSSR count). The van der Waals surface area contributed by atoms with Crippen molar-refractivity contribution in [1.82, 2.24) is 4.98 Å². The van der Waals surface area contributed by atoms with Gasteiger partial charge in [0, 0.05) is 29.3 Å². The second kappa shape index (κ2) is 13.2. The molecule has 1 N–H and O–H groups in total. The monoisotopic (exact) mass is 552 g/mol. The number of oxazole rings is 1. The van der Waals surface area contributed by atoms with E-state index in [-0.39, 0.29) is 17.0 Å². The van der Waals surface area contributed by atoms with E-state index in [1.807, 2.05) is 55.5 Å². The zero-order valence-corrected chi connectivity index (χ0v) is 23.1. The summed E-state index contributed by atoms with van der Waals surface area (Å²) >= 11 is 0. The first kappa shape index (κ1) is 28.8. The number of carbonyl (C=O) groups excluding carboxylic acids is 2. The van der Waals surface area contributed by atoms with Gasteiger partial charge in [-0.1, -0.05) is 24.3 Å². The van der Waals surface area contributed by atoms with E-state index in [9.17, 15) is 14.0 Å². The first-order chi connectivity index (χ1) is 19.8. The number of amides is 1. The summed E-state index contributed by atoms with van der Waals surface area (Å²) < 4.78 is 29.3. The lowest BCUT2D eigenvalue weighted by atomic mass is 10.1. The molecule has 0 saturated heterocycles. The minimum absolute atomic E-state index is 0.209. The van der Waals surface area contributed by atoms with Crippen LogP contribution in [0.15, 0.2) is 101 Å². The molecule has 0 saturated carbocycles. The van der Waals surface area contributed by atoms with Gasteiger partial charge in [-0.05, 0) is 85.3 Å². The van der Waals surface area contributed by atoms with Crippen LogP contribution in [0.5, 0.6) is 11.5 Å². The van der Waals surface area contributed by atoms with E-state index in [0.29, 0.717) is 22.9 Å². The normalized spacial score (nSPS) is 10.3. The second-order valence-electron chi connectivity index (χ2n) is 9.00. The average Bonchev–Trinajstić information content (AvgIpc) is 3.44. The number of carbonyl (C=O) groups is 2. The number of rotatable bonds is 7. The van der Waals surface area contributed by atoms with Crippen LogP contribution >= 0.6 is 0 Å². The number of ketones is 1. The fraction of sp³-hybridized carbons (Fsp3) is 0.121. The third kappa shape index (κ3) is 7.24. The predicted octanol–water partition coefficient (Wildman–Crippen LogP) is 7.61. The van der Waals surface area contributed by atoms with Crippen LogP contribution in [-0.4, -0.2) is 30.9 Å². The van der Waals surface area contributed by atoms with Crippen molar-refractivity contribution in [3.8, 4) is 34.3 Å². The SMILES string of the molecule is CC(=O)c1nc(-c2ccccc2)oc1-c1ccc(NC(=O)c2cccc(F)c2)cc1.COc1ccc(OC)c(C)c1. The van der Waals surface area contributed by atoms with Crippen molar-refractivity contribution in [3.63, 3.8) is 0 Å². The zero-order chi connectivity index (χ0) is 29.4. The molecule has 41 heavy (non-hydrogen) atoms. The summed E-state index contributed by atoms with van der Waals surface area (Å²) in [6.07, 6.45) is 0. The van der Waals surface area contributed by atoms with Gasteiger partial charge >= 0.3 is 0 Å². The zero-order valence-electron chi connectivity index (χ0n) is 23.1. The number of nitrogens with one attached hydrogen (secondary N) is 1. The van der Waals surface area contributed by atoms with E-state index in [1.54, 1.807) is 38.5 Å². The number of aryl methyl sites for hydroxylation is 1. The first-order valence-corrected chi connectivity index (χ1v) is 12.7. The molecular formula is C33H29FN2O5. The minimum atomic E-state index is -0.478. The quantitative estimate of drug-likeness (QED) is 0.209. The molecule has 4 aromatic carbocycles. The fourth-order valence-corrected chi connectivity index (χ4v) is 3.97. The largest absolute Gasteiger partial charge is 0.497 e. The number of Topliss-reactive ketones (excluding diaryl/α,β-unsaturated/α-hetero) is 1. The number of halogens is 1. The van der Waals surface area contributed by atoms with Crippen LogP contribution in [0.4, 0.5) is 10.1 Å². The highest BCUT2D eigenvalue weighted by Crippen LogP contribution is 2.31. The summed E-state index contributed by atoms with van der Waals surface area (Å²) in [7, 11) is 3.32. The molecule has 0 atom stereocenters. The molecule has 0 aliphatic rings. The molecule has 0 radical (unpaired) electrons. The van der Waals surface area contributed by atoms with E-state index in [4.69, 9.17) is 13.9 Å². The van der Waals surface area contributed by atoms with Crippen LogP contribution in [0.2, 0.25) is 0 Å². The lowest BCUT2D eigenvalue weighted by molar-refractivity contribution is 0.101. The summed E-state index contributed by atoms with van der Waals surface area (Å²) in [6.45, 7) is 3.42. The third-order valence-electron chi connectivity index (χ3n) is 6.08. The molecule has 1 aromatic heterocycles. The van der Waals surface area contributed by atoms with Crippen molar-refractivity contribution in [2.45, 2.75) is 13.8 Å². The number of hydrogen-bond acceptors (Lipinski definition) is 6. The molecule has 0 fully saturated rings. The van der Waals surface area contributed by atoms with Crippen LogP contribution < -0.4 is 14.8 Å². The molecule has 1 heterocycles. The summed E-state index contributed by atoms with van der Waals surface area (Å²) in [5.41, 5.74) is 3.50. The van der Waals surface area contributed by atoms with Gasteiger partial charge in [0.05, 0.1) is 14.2 Å². The molecular weight excluding hydrogens is 523 g/mol. The van der Waals surface area contributed by atoms with Crippen molar-refractivity contribution in [2.75, 3.05) is 19.5 Å². The topological polar surface area (TPSA) is 90.7 Å². The van der Waals surface area contributed by atoms with Crippen LogP contribution in [-0.2, 0) is 0 Å². The summed E-state index contributed by atoms with van der Waals surface area (Å²) in [5.74, 6) is 1.38. The van der Waals surface area contributed by atoms with Gasteiger partial charge in [-0.3, -0.25) is 9.59 Å². The Labute approximate surface area is 237 Å². The lowest BCUT2D eigenvalue weighted by Crippen LogP contribution is -2.11. The van der Waals surface area contributed by atoms with Crippen LogP contribution in [0.25, 0.3) is 22.8 Å². The Balaban J connectivity index is 0.000000296. The molecule has 8 heteroatoms. The molecule has 0 aliphatic carbocycles. The van der Waals surface area contributed by atoms with Crippen molar-refractivity contribution < 1.29 is 27.9 Å². The highest BCUT2D eigenvalue weighted by Gasteiger charge is 2.19. The van der Waals surface area contributed by atoms with Gasteiger partial charge in [0.15, 0.2) is 17.2 Å². The van der Waals surface area contributed by atoms with Gasteiger partial charge in [-0.2, -0.15) is 0 Å². The van der Waals surface area contributed by atoms with Gasteiger partial charge in [0.1, 0.15) is 17.3 Å². The molecule has 0 bridgehead atoms. The Morgan fingerprint density at radius 1 is 0.829 bits per heavy atom. The summed E-state index contributed by atoms with van der Waals surface area (Å²) in [6, 6.07) is 27.3. The standard InChI is InChI=1S/C24H17FN2O3.C9H12O2/c1-15(28)21-22(30-24(27-21)17-6-3-2-4-7-17)16-10-12-20(13-11-16)26-23(29)18-8-5-9-19(25)14-18;1-7-6-8(10-2)4-5-9(7)11-3/h2-14H,1H3,(H,26,29);4-6H,1-3H3. The van der Waals surface area contributed by atoms with E-state index in [0.717, 1.165) is 22.6 Å². The smallest absolute Gasteiger partial charge is 0.255 e. The maximum Gasteiger partial charge on any atom is 0.255 e. The van der Waals surface area contributed by atoms with Crippen LogP contribution in [0.1, 0.15) is 33.3 Å². The Morgan fingerprint density at radius 3 is 2.17 bits per heavy atom. The van der Waals surface area contributed by atoms with Crippen molar-refractivity contribution >= 4 is 17.4 Å². The Morgan fingerprint density at radius 2 is 1.56 bits per heavy atom. The van der Waals surface area contributed by atoms with Gasteiger partial charge in [0.25, 0.3) is 5.91 Å². The maximum absolute atomic E-state index is 13.3. The van der Waals surface area contributed by atoms with Crippen molar-refractivity contribution in [2.24, 2.45) is 0 Å². The molecule has 7 nitrogen and oxygen atoms in total. The molecule has 1 amide bonds. The van der Waals surface area contributed by atoms with Gasteiger partial charge in [-0.25, -0.2) is 9.37 Å². The number of anilines is 1. The lowest BCUT2D eigenvalue weighted by Gasteiger charge is -2.06. The van der Waals surface area contributed by atoms with Crippen LogP contribution in [0.3, 0.4) is 0 Å². The summed E-state index contributed by atoms with van der Waals surface area (Å²) in [4.78, 5) is 28.7. The average molecular weight is 553 g/mol. The van der Waals surface area contributed by atoms with Crippen LogP contribution in [0, 0.1) is 12.7 Å². The van der Waals surface area contributed by atoms with Gasteiger partial charge < -0.3 is 19.2 Å². The number of aromatic nitrogens is 1. The highest BCUT2D eigenvalue weighted by atomic mass is 19.1. The number of hydrogen-bond donors (Lipinski definition) is 1. The molecule has 0 aliphatic heterocycles. The fourth-order valence-electron chi connectivity index (χ4n) is 3.97. The Bertz CT molecular complexity index is 1650. The number of methoxy groups -OCH3 is 2. The number of nitrogens with zero attached hydrogens (tertiary/aromatic N) is 1. The van der Waals surface area contributed by atoms with E-state index >= 15 is 0 Å². The van der Waals surface area contributed by atoms with E-state index in [1.165, 1.54) is 31.2 Å². The predicted molar refractivity (Wildman–Crippen MR) is 156 cm³/mol. The van der Waals surface area contributed by atoms with Crippen molar-refractivity contribution in [3.05, 3.63) is 120 Å². The molecule has 208 valence electrons.